The van der Waals surface area contributed by atoms with Crippen molar-refractivity contribution in [1.29, 1.82) is 0 Å². The van der Waals surface area contributed by atoms with Gasteiger partial charge in [-0.05, 0) is 38.0 Å². The van der Waals surface area contributed by atoms with Crippen molar-refractivity contribution < 1.29 is 43.0 Å². The van der Waals surface area contributed by atoms with Crippen LogP contribution in [-0.2, 0) is 49.5 Å². The quantitative estimate of drug-likeness (QED) is 0.0888. The molecule has 1 heterocycles. The van der Waals surface area contributed by atoms with Crippen LogP contribution in [0.1, 0.15) is 57.9 Å². The molecule has 1 aromatic rings. The van der Waals surface area contributed by atoms with E-state index in [1.54, 1.807) is 19.1 Å². The van der Waals surface area contributed by atoms with Crippen molar-refractivity contribution >= 4 is 58.6 Å². The number of nitrogens with two attached hydrogens (primary N) is 1. The third kappa shape index (κ3) is 16.6. The predicted molar refractivity (Wildman–Crippen MR) is 176 cm³/mol. The van der Waals surface area contributed by atoms with Crippen molar-refractivity contribution in [2.24, 2.45) is 5.73 Å². The van der Waals surface area contributed by atoms with Gasteiger partial charge in [0.25, 0.3) is 0 Å². The smallest absolute Gasteiger partial charge is 0.242 e. The fourth-order valence-corrected chi connectivity index (χ4v) is 5.43. The molecule has 14 nitrogen and oxygen atoms in total. The molecule has 1 saturated heterocycles. The van der Waals surface area contributed by atoms with Crippen LogP contribution in [0.2, 0.25) is 0 Å². The highest BCUT2D eigenvalue weighted by atomic mass is 32.2. The van der Waals surface area contributed by atoms with E-state index in [4.69, 9.17) is 15.2 Å². The number of amides is 5. The molecule has 0 aliphatic carbocycles. The highest BCUT2D eigenvalue weighted by Gasteiger charge is 2.38. The summed E-state index contributed by atoms with van der Waals surface area (Å²) >= 11 is 1.26. The van der Waals surface area contributed by atoms with Crippen LogP contribution < -0.4 is 21.7 Å². The van der Waals surface area contributed by atoms with Crippen LogP contribution in [-0.4, -0.2) is 109 Å². The van der Waals surface area contributed by atoms with Gasteiger partial charge in [-0.15, -0.1) is 11.8 Å². The Bertz CT molecular complexity index is 1230. The lowest BCUT2D eigenvalue weighted by molar-refractivity contribution is -0.138. The molecule has 5 N–H and O–H groups in total. The summed E-state index contributed by atoms with van der Waals surface area (Å²) in [4.78, 5) is 84.6. The first-order chi connectivity index (χ1) is 22.5. The molecule has 260 valence electrons. The summed E-state index contributed by atoms with van der Waals surface area (Å²) in [5.74, 6) is -0.946. The number of aryl methyl sites for hydroxylation is 1. The van der Waals surface area contributed by atoms with Crippen molar-refractivity contribution in [3.05, 3.63) is 29.8 Å². The number of carbonyl (C=O) groups excluding carboxylic acids is 7. The summed E-state index contributed by atoms with van der Waals surface area (Å²) in [6.07, 6.45) is 1.62. The molecule has 2 unspecified atom stereocenters. The molecule has 0 aromatic heterocycles. The molecule has 15 heteroatoms. The predicted octanol–water partition coefficient (Wildman–Crippen LogP) is 0.750. The number of benzene rings is 1. The number of ketones is 2. The Morgan fingerprint density at radius 3 is 2.21 bits per heavy atom. The van der Waals surface area contributed by atoms with E-state index in [1.165, 1.54) is 18.7 Å². The third-order valence-electron chi connectivity index (χ3n) is 7.03. The second kappa shape index (κ2) is 22.0. The number of hydrogen-bond donors (Lipinski definition) is 4. The molecule has 1 aliphatic rings. The van der Waals surface area contributed by atoms with Crippen LogP contribution in [0.3, 0.4) is 0 Å². The molecule has 0 saturated carbocycles. The average Bonchev–Trinajstić information content (AvgIpc) is 3.29. The fourth-order valence-electron chi connectivity index (χ4n) is 4.30. The van der Waals surface area contributed by atoms with Crippen LogP contribution in [0.4, 0.5) is 5.69 Å². The second-order valence-electron chi connectivity index (χ2n) is 11.1. The number of ether oxygens (including phenoxy) is 2. The molecule has 5 amide bonds. The molecular formula is C32H47N5O9S. The van der Waals surface area contributed by atoms with Crippen molar-refractivity contribution in [2.45, 2.75) is 70.1 Å². The van der Waals surface area contributed by atoms with Gasteiger partial charge in [0.1, 0.15) is 11.6 Å². The number of hydrogen-bond acceptors (Lipinski definition) is 11. The number of carbonyl (C=O) groups is 7. The van der Waals surface area contributed by atoms with E-state index in [0.717, 1.165) is 10.5 Å². The van der Waals surface area contributed by atoms with Gasteiger partial charge >= 0.3 is 0 Å². The minimum atomic E-state index is -0.555. The Balaban J connectivity index is 1.47. The summed E-state index contributed by atoms with van der Waals surface area (Å²) < 4.78 is 10.9. The van der Waals surface area contributed by atoms with Crippen LogP contribution >= 0.6 is 11.8 Å². The Labute approximate surface area is 279 Å². The summed E-state index contributed by atoms with van der Waals surface area (Å²) in [5.41, 5.74) is 7.13. The molecule has 0 bridgehead atoms. The van der Waals surface area contributed by atoms with E-state index in [-0.39, 0.29) is 106 Å². The molecule has 1 aromatic carbocycles. The van der Waals surface area contributed by atoms with Crippen molar-refractivity contribution in [3.8, 4) is 0 Å². The largest absolute Gasteiger partial charge is 0.379 e. The standard InChI is InChI=1S/C32H47N5O9S/c1-22(38)9-13-34-28(40)8-5-24-3-6-25(7-4-24)36-30(42)11-16-45-18-19-46-17-14-35-29(41)10-15-37-31(43)21-27(32(37)44)47-20-12-26(39)23(2)33/h3-4,6-7,23,27H,5,8-21,33H2,1-2H3,(H,34,40)(H,35,41)(H,36,42). The van der Waals surface area contributed by atoms with Gasteiger partial charge in [-0.25, -0.2) is 0 Å². The number of thioether (sulfide) groups is 1. The van der Waals surface area contributed by atoms with Gasteiger partial charge in [0, 0.05) is 63.2 Å². The first kappa shape index (κ1) is 39.5. The first-order valence-electron chi connectivity index (χ1n) is 15.8. The maximum atomic E-state index is 12.5. The van der Waals surface area contributed by atoms with Crippen LogP contribution in [0.25, 0.3) is 0 Å². The molecular weight excluding hydrogens is 630 g/mol. The number of likely N-dealkylation sites (tertiary alicyclic amines) is 1. The van der Waals surface area contributed by atoms with Gasteiger partial charge in [-0.3, -0.25) is 38.5 Å². The molecule has 1 fully saturated rings. The number of imide groups is 1. The Morgan fingerprint density at radius 2 is 1.53 bits per heavy atom. The topological polar surface area (TPSA) is 203 Å². The number of nitrogens with zero attached hydrogens (tertiary/aromatic N) is 1. The number of rotatable bonds is 24. The maximum Gasteiger partial charge on any atom is 0.242 e. The van der Waals surface area contributed by atoms with Crippen molar-refractivity contribution in [3.63, 3.8) is 0 Å². The Hall–Kier alpha value is -3.66. The number of Topliss-reactive ketones (excluding diaryl/α,β-unsaturated/α-hetero) is 2. The molecule has 1 aliphatic heterocycles. The van der Waals surface area contributed by atoms with Gasteiger partial charge in [0.2, 0.25) is 29.5 Å². The lowest BCUT2D eigenvalue weighted by Crippen LogP contribution is -2.36. The summed E-state index contributed by atoms with van der Waals surface area (Å²) in [7, 11) is 0. The highest BCUT2D eigenvalue weighted by Crippen LogP contribution is 2.26. The first-order valence-corrected chi connectivity index (χ1v) is 16.8. The zero-order valence-corrected chi connectivity index (χ0v) is 28.0. The van der Waals surface area contributed by atoms with E-state index in [0.29, 0.717) is 37.2 Å². The van der Waals surface area contributed by atoms with Gasteiger partial charge < -0.3 is 31.2 Å². The van der Waals surface area contributed by atoms with Gasteiger partial charge in [0.15, 0.2) is 0 Å². The molecule has 47 heavy (non-hydrogen) atoms. The third-order valence-corrected chi connectivity index (χ3v) is 8.24. The molecule has 0 radical (unpaired) electrons. The van der Waals surface area contributed by atoms with Crippen LogP contribution in [0, 0.1) is 0 Å². The van der Waals surface area contributed by atoms with E-state index < -0.39 is 11.3 Å². The van der Waals surface area contributed by atoms with Gasteiger partial charge in [0.05, 0.1) is 44.1 Å². The fraction of sp³-hybridized carbons (Fsp3) is 0.594. The zero-order valence-electron chi connectivity index (χ0n) is 27.2. The van der Waals surface area contributed by atoms with E-state index >= 15 is 0 Å². The summed E-state index contributed by atoms with van der Waals surface area (Å²) in [5, 5.41) is 7.64. The van der Waals surface area contributed by atoms with Crippen LogP contribution in [0.5, 0.6) is 0 Å². The lowest BCUT2D eigenvalue weighted by Gasteiger charge is -2.15. The van der Waals surface area contributed by atoms with Crippen molar-refractivity contribution in [1.82, 2.24) is 15.5 Å². The number of anilines is 1. The summed E-state index contributed by atoms with van der Waals surface area (Å²) in [6.45, 7) is 4.69. The maximum absolute atomic E-state index is 12.5. The van der Waals surface area contributed by atoms with E-state index in [2.05, 4.69) is 16.0 Å². The normalized spacial score (nSPS) is 15.0. The zero-order chi connectivity index (χ0) is 34.6. The summed E-state index contributed by atoms with van der Waals surface area (Å²) in [6, 6.07) is 6.68. The van der Waals surface area contributed by atoms with Crippen LogP contribution in [0.15, 0.2) is 24.3 Å². The average molecular weight is 678 g/mol. The highest BCUT2D eigenvalue weighted by molar-refractivity contribution is 8.00. The second-order valence-corrected chi connectivity index (χ2v) is 12.4. The minimum absolute atomic E-state index is 0.00221. The van der Waals surface area contributed by atoms with Gasteiger partial charge in [-0.2, -0.15) is 0 Å². The van der Waals surface area contributed by atoms with Gasteiger partial charge in [-0.1, -0.05) is 12.1 Å². The molecule has 2 rings (SSSR count). The van der Waals surface area contributed by atoms with E-state index in [9.17, 15) is 33.6 Å². The SMILES string of the molecule is CC(=O)CCNC(=O)CCc1ccc(NC(=O)CCOCCOCCNC(=O)CCN2C(=O)CC(SCCC(=O)C(C)N)C2=O)cc1. The Kier molecular flexibility index (Phi) is 18.5. The number of nitrogens with one attached hydrogen (secondary N) is 3. The molecule has 2 atom stereocenters. The Morgan fingerprint density at radius 1 is 0.872 bits per heavy atom. The van der Waals surface area contributed by atoms with E-state index in [1.807, 2.05) is 12.1 Å². The molecule has 0 spiro atoms. The van der Waals surface area contributed by atoms with Crippen molar-refractivity contribution in [2.75, 3.05) is 57.1 Å². The lowest BCUT2D eigenvalue weighted by atomic mass is 10.1. The monoisotopic (exact) mass is 677 g/mol. The minimum Gasteiger partial charge on any atom is -0.379 e.